The van der Waals surface area contributed by atoms with Gasteiger partial charge in [-0.15, -0.1) is 0 Å². The van der Waals surface area contributed by atoms with Crippen molar-refractivity contribution in [1.82, 2.24) is 10.3 Å². The highest BCUT2D eigenvalue weighted by atomic mass is 16.5. The molecular weight excluding hydrogens is 388 g/mol. The molecule has 1 aromatic rings. The zero-order valence-corrected chi connectivity index (χ0v) is 19.1. The summed E-state index contributed by atoms with van der Waals surface area (Å²) in [5.41, 5.74) is 4.71. The molecule has 0 bridgehead atoms. The molecule has 0 saturated carbocycles. The number of hydrazone groups is 1. The Bertz CT molecular complexity index is 935. The van der Waals surface area contributed by atoms with E-state index in [0.717, 1.165) is 40.2 Å². The quantitative estimate of drug-likeness (QED) is 0.385. The van der Waals surface area contributed by atoms with Gasteiger partial charge in [0.15, 0.2) is 0 Å². The lowest BCUT2D eigenvalue weighted by Gasteiger charge is -2.16. The van der Waals surface area contributed by atoms with E-state index in [9.17, 15) is 4.79 Å². The molecule has 0 fully saturated rings. The number of allylic oxidation sites excluding steroid dienone is 6. The second-order valence-corrected chi connectivity index (χ2v) is 6.86. The standard InChI is InChI=1S/C25H32N4O2/c1-6-9-22(18-26-3)19-12-14-20(15-13-19)24-21(17-23(31-5)10-7-2)11-8-16-29(28-24)25(30)27-4/h7,9-15,17-18H,6,8,16H2,1-5H3,(H,27,30)/b10-7-,22-9+,23-17+,26-18?. The largest absolute Gasteiger partial charge is 0.497 e. The van der Waals surface area contributed by atoms with Crippen molar-refractivity contribution in [2.45, 2.75) is 26.7 Å². The van der Waals surface area contributed by atoms with E-state index in [1.165, 1.54) is 5.01 Å². The maximum atomic E-state index is 12.3. The van der Waals surface area contributed by atoms with Gasteiger partial charge < -0.3 is 10.1 Å². The minimum absolute atomic E-state index is 0.236. The molecular formula is C25H32N4O2. The lowest BCUT2D eigenvalue weighted by molar-refractivity contribution is 0.204. The molecule has 164 valence electrons. The Hall–Kier alpha value is -3.41. The summed E-state index contributed by atoms with van der Waals surface area (Å²) in [6, 6.07) is 7.93. The summed E-state index contributed by atoms with van der Waals surface area (Å²) < 4.78 is 5.48. The van der Waals surface area contributed by atoms with Crippen LogP contribution in [0.5, 0.6) is 0 Å². The summed E-state index contributed by atoms with van der Waals surface area (Å²) in [7, 11) is 5.02. The van der Waals surface area contributed by atoms with Crippen LogP contribution < -0.4 is 5.32 Å². The number of amides is 2. The van der Waals surface area contributed by atoms with Gasteiger partial charge in [0.1, 0.15) is 5.76 Å². The Labute approximate surface area is 185 Å². The van der Waals surface area contributed by atoms with Crippen LogP contribution in [-0.2, 0) is 4.74 Å². The van der Waals surface area contributed by atoms with Gasteiger partial charge in [-0.05, 0) is 43.1 Å². The van der Waals surface area contributed by atoms with E-state index in [0.29, 0.717) is 13.0 Å². The van der Waals surface area contributed by atoms with Gasteiger partial charge in [-0.3, -0.25) is 4.99 Å². The number of rotatable bonds is 7. The Balaban J connectivity index is 2.54. The number of hydrogen-bond acceptors (Lipinski definition) is 4. The van der Waals surface area contributed by atoms with Crippen LogP contribution >= 0.6 is 0 Å². The van der Waals surface area contributed by atoms with Crippen molar-refractivity contribution in [1.29, 1.82) is 0 Å². The second kappa shape index (κ2) is 12.3. The van der Waals surface area contributed by atoms with Crippen molar-refractivity contribution < 1.29 is 9.53 Å². The summed E-state index contributed by atoms with van der Waals surface area (Å²) in [6.45, 7) is 4.55. The van der Waals surface area contributed by atoms with E-state index in [4.69, 9.17) is 9.84 Å². The van der Waals surface area contributed by atoms with E-state index < -0.39 is 0 Å². The summed E-state index contributed by atoms with van der Waals surface area (Å²) >= 11 is 0. The van der Waals surface area contributed by atoms with Gasteiger partial charge in [0, 0.05) is 38.0 Å². The molecule has 1 aromatic carbocycles. The average molecular weight is 421 g/mol. The molecule has 0 atom stereocenters. The third kappa shape index (κ3) is 6.54. The molecule has 1 heterocycles. The van der Waals surface area contributed by atoms with Gasteiger partial charge in [0.25, 0.3) is 0 Å². The Kier molecular flexibility index (Phi) is 9.49. The molecule has 6 heteroatoms. The Morgan fingerprint density at radius 1 is 1.32 bits per heavy atom. The zero-order chi connectivity index (χ0) is 22.6. The third-order valence-electron chi connectivity index (χ3n) is 4.70. The molecule has 0 spiro atoms. The molecule has 1 aliphatic heterocycles. The number of carbonyl (C=O) groups excluding carboxylic acids is 1. The Morgan fingerprint density at radius 2 is 2.06 bits per heavy atom. The lowest BCUT2D eigenvalue weighted by Crippen LogP contribution is -2.35. The minimum Gasteiger partial charge on any atom is -0.497 e. The highest BCUT2D eigenvalue weighted by Crippen LogP contribution is 2.21. The van der Waals surface area contributed by atoms with Crippen molar-refractivity contribution in [3.63, 3.8) is 0 Å². The van der Waals surface area contributed by atoms with E-state index in [1.54, 1.807) is 21.2 Å². The van der Waals surface area contributed by atoms with E-state index in [1.807, 2.05) is 43.5 Å². The number of ether oxygens (including phenoxy) is 1. The summed E-state index contributed by atoms with van der Waals surface area (Å²) in [5.74, 6) is 0.721. The van der Waals surface area contributed by atoms with E-state index in [-0.39, 0.29) is 6.03 Å². The average Bonchev–Trinajstić information content (AvgIpc) is 3.01. The molecule has 6 nitrogen and oxygen atoms in total. The molecule has 2 rings (SSSR count). The van der Waals surface area contributed by atoms with Crippen LogP contribution in [0.25, 0.3) is 5.57 Å². The first-order valence-electron chi connectivity index (χ1n) is 10.5. The number of urea groups is 1. The van der Waals surface area contributed by atoms with Crippen molar-refractivity contribution in [3.8, 4) is 0 Å². The zero-order valence-electron chi connectivity index (χ0n) is 19.1. The van der Waals surface area contributed by atoms with Gasteiger partial charge in [0.2, 0.25) is 0 Å². The van der Waals surface area contributed by atoms with Gasteiger partial charge in [0.05, 0.1) is 12.8 Å². The van der Waals surface area contributed by atoms with Gasteiger partial charge in [-0.2, -0.15) is 5.10 Å². The molecule has 0 saturated heterocycles. The minimum atomic E-state index is -0.236. The molecule has 0 radical (unpaired) electrons. The van der Waals surface area contributed by atoms with Gasteiger partial charge >= 0.3 is 6.03 Å². The van der Waals surface area contributed by atoms with E-state index >= 15 is 0 Å². The molecule has 0 aromatic heterocycles. The number of nitrogens with zero attached hydrogens (tertiary/aromatic N) is 3. The number of benzene rings is 1. The fourth-order valence-corrected chi connectivity index (χ4v) is 3.21. The number of nitrogens with one attached hydrogen (secondary N) is 1. The van der Waals surface area contributed by atoms with Crippen LogP contribution in [0.3, 0.4) is 0 Å². The number of hydrogen-bond donors (Lipinski definition) is 1. The fraction of sp³-hybridized carbons (Fsp3) is 0.320. The Morgan fingerprint density at radius 3 is 2.65 bits per heavy atom. The smallest absolute Gasteiger partial charge is 0.337 e. The normalized spacial score (nSPS) is 15.7. The molecule has 0 unspecified atom stereocenters. The molecule has 31 heavy (non-hydrogen) atoms. The van der Waals surface area contributed by atoms with Crippen molar-refractivity contribution in [2.75, 3.05) is 27.7 Å². The van der Waals surface area contributed by atoms with Crippen LogP contribution in [0.15, 0.2) is 76.1 Å². The highest BCUT2D eigenvalue weighted by molar-refractivity contribution is 6.15. The second-order valence-electron chi connectivity index (χ2n) is 6.86. The predicted molar refractivity (Wildman–Crippen MR) is 129 cm³/mol. The maximum Gasteiger partial charge on any atom is 0.337 e. The van der Waals surface area contributed by atoms with Crippen LogP contribution in [0.4, 0.5) is 4.79 Å². The predicted octanol–water partition coefficient (Wildman–Crippen LogP) is 4.96. The van der Waals surface area contributed by atoms with Crippen LogP contribution in [0.1, 0.15) is 37.8 Å². The monoisotopic (exact) mass is 420 g/mol. The number of carbonyl (C=O) groups is 1. The summed E-state index contributed by atoms with van der Waals surface area (Å²) in [4.78, 5) is 16.4. The number of aliphatic imine (C=N–C) groups is 1. The maximum absolute atomic E-state index is 12.3. The molecule has 0 aliphatic carbocycles. The first kappa shape index (κ1) is 23.9. The van der Waals surface area contributed by atoms with Crippen LogP contribution in [-0.4, -0.2) is 50.7 Å². The molecule has 1 N–H and O–H groups in total. The van der Waals surface area contributed by atoms with Crippen LogP contribution in [0, 0.1) is 0 Å². The topological polar surface area (TPSA) is 66.3 Å². The van der Waals surface area contributed by atoms with E-state index in [2.05, 4.69) is 41.5 Å². The molecule has 1 aliphatic rings. The molecule has 2 amide bonds. The van der Waals surface area contributed by atoms with Gasteiger partial charge in [-0.1, -0.05) is 49.4 Å². The summed E-state index contributed by atoms with van der Waals surface area (Å²) in [6.07, 6.45) is 13.5. The van der Waals surface area contributed by atoms with Crippen molar-refractivity contribution in [2.24, 2.45) is 10.1 Å². The van der Waals surface area contributed by atoms with Crippen molar-refractivity contribution >= 4 is 23.5 Å². The lowest BCUT2D eigenvalue weighted by atomic mass is 9.97. The first-order valence-corrected chi connectivity index (χ1v) is 10.5. The van der Waals surface area contributed by atoms with Gasteiger partial charge in [-0.25, -0.2) is 9.80 Å². The fourth-order valence-electron chi connectivity index (χ4n) is 3.21. The van der Waals surface area contributed by atoms with Crippen LogP contribution in [0.2, 0.25) is 0 Å². The SMILES string of the molecule is C/C=C\C(=C/C1=CCCN(C(=O)NC)N=C1c1ccc(/C(C=NC)=C/CC)cc1)OC. The summed E-state index contributed by atoms with van der Waals surface area (Å²) in [5, 5.41) is 8.82. The first-order chi connectivity index (χ1) is 15.1. The highest BCUT2D eigenvalue weighted by Gasteiger charge is 2.19. The number of methoxy groups -OCH3 is 1. The van der Waals surface area contributed by atoms with Crippen molar-refractivity contribution in [3.05, 3.63) is 77.1 Å². The third-order valence-corrected chi connectivity index (χ3v) is 4.70.